The lowest BCUT2D eigenvalue weighted by atomic mass is 10.8. The van der Waals surface area contributed by atoms with E-state index in [1.54, 1.807) is 12.4 Å². The summed E-state index contributed by atoms with van der Waals surface area (Å²) < 4.78 is 0. The van der Waals surface area contributed by atoms with E-state index < -0.39 is 0 Å². The fourth-order valence-electron chi connectivity index (χ4n) is 0.463. The molecule has 0 aromatic carbocycles. The van der Waals surface area contributed by atoms with Gasteiger partial charge in [-0.25, -0.2) is 0 Å². The fraction of sp³-hybridized carbons (Fsp3) is 0.400. The summed E-state index contributed by atoms with van der Waals surface area (Å²) in [7, 11) is 0. The van der Waals surface area contributed by atoms with Gasteiger partial charge in [0.25, 0.3) is 0 Å². The monoisotopic (exact) mass is 112 g/mol. The first-order chi connectivity index (χ1) is 3.93. The van der Waals surface area contributed by atoms with Crippen LogP contribution >= 0.6 is 0 Å². The number of hydrogen-bond acceptors (Lipinski definition) is 2. The van der Waals surface area contributed by atoms with Crippen molar-refractivity contribution in [1.29, 1.82) is 0 Å². The third-order valence-corrected chi connectivity index (χ3v) is 0.742. The predicted molar refractivity (Wildman–Crippen MR) is 29.3 cm³/mol. The Morgan fingerprint density at radius 2 is 2.62 bits per heavy atom. The van der Waals surface area contributed by atoms with Crippen molar-refractivity contribution < 1.29 is 4.84 Å². The molecule has 0 atom stereocenters. The molecule has 0 fully saturated rings. The van der Waals surface area contributed by atoms with Gasteiger partial charge in [-0.05, 0) is 13.0 Å². The fourth-order valence-corrected chi connectivity index (χ4v) is 0.463. The van der Waals surface area contributed by atoms with Gasteiger partial charge in [-0.2, -0.15) is 0 Å². The van der Waals surface area contributed by atoms with Gasteiger partial charge < -0.3 is 4.84 Å². The average Bonchev–Trinajstić information content (AvgIpc) is 2.19. The maximum absolute atomic E-state index is 4.95. The van der Waals surface area contributed by atoms with Crippen LogP contribution in [0.2, 0.25) is 0 Å². The molecule has 1 rings (SSSR count). The molecule has 0 aliphatic heterocycles. The predicted octanol–water partition coefficient (Wildman–Crippen LogP) is 0.332. The second kappa shape index (κ2) is 2.35. The van der Waals surface area contributed by atoms with E-state index in [0.717, 1.165) is 0 Å². The van der Waals surface area contributed by atoms with Crippen molar-refractivity contribution in [3.63, 3.8) is 0 Å². The summed E-state index contributed by atoms with van der Waals surface area (Å²) >= 11 is 0. The molecule has 0 saturated heterocycles. The van der Waals surface area contributed by atoms with Crippen LogP contribution in [0, 0.1) is 0 Å². The van der Waals surface area contributed by atoms with Crippen LogP contribution in [0.25, 0.3) is 0 Å². The molecule has 0 radical (unpaired) electrons. The molecule has 0 unspecified atom stereocenters. The van der Waals surface area contributed by atoms with Crippen molar-refractivity contribution in [2.45, 2.75) is 6.92 Å². The minimum atomic E-state index is 0.654. The zero-order valence-electron chi connectivity index (χ0n) is 4.74. The highest BCUT2D eigenvalue weighted by Crippen LogP contribution is 1.77. The van der Waals surface area contributed by atoms with Crippen molar-refractivity contribution >= 4 is 0 Å². The Morgan fingerprint density at radius 3 is 3.12 bits per heavy atom. The third kappa shape index (κ3) is 0.992. The number of nitrogens with zero attached hydrogens (tertiary/aromatic N) is 2. The summed E-state index contributed by atoms with van der Waals surface area (Å²) in [5.74, 6) is 0. The van der Waals surface area contributed by atoms with Gasteiger partial charge in [0.2, 0.25) is 0 Å². The maximum atomic E-state index is 4.95. The molecule has 3 nitrogen and oxygen atoms in total. The summed E-state index contributed by atoms with van der Waals surface area (Å²) in [6, 6.07) is 1.82. The summed E-state index contributed by atoms with van der Waals surface area (Å²) in [4.78, 5) is 6.38. The Kier molecular flexibility index (Phi) is 1.51. The first kappa shape index (κ1) is 5.15. The standard InChI is InChI=1S/C5H8N2O/c1-2-8-7-5-3-4-6-7/h3-5H,2H2,1H3. The summed E-state index contributed by atoms with van der Waals surface area (Å²) in [6.45, 7) is 2.57. The SMILES string of the molecule is CCOn1cccn1. The molecule has 3 heteroatoms. The molecular weight excluding hydrogens is 104 g/mol. The smallest absolute Gasteiger partial charge is 0.114 e. The highest BCUT2D eigenvalue weighted by molar-refractivity contribution is 4.74. The van der Waals surface area contributed by atoms with E-state index in [1.807, 2.05) is 13.0 Å². The Balaban J connectivity index is 2.50. The summed E-state index contributed by atoms with van der Waals surface area (Å²) in [5, 5.41) is 3.80. The second-order valence-corrected chi connectivity index (χ2v) is 1.33. The number of hydrogen-bond donors (Lipinski definition) is 0. The first-order valence-electron chi connectivity index (χ1n) is 2.56. The first-order valence-corrected chi connectivity index (χ1v) is 2.56. The van der Waals surface area contributed by atoms with Gasteiger partial charge in [0.15, 0.2) is 0 Å². The Morgan fingerprint density at radius 1 is 1.75 bits per heavy atom. The van der Waals surface area contributed by atoms with E-state index in [-0.39, 0.29) is 0 Å². The van der Waals surface area contributed by atoms with Crippen molar-refractivity contribution in [2.75, 3.05) is 6.61 Å². The number of aromatic nitrogens is 2. The topological polar surface area (TPSA) is 27.1 Å². The molecule has 0 spiro atoms. The van der Waals surface area contributed by atoms with E-state index in [1.165, 1.54) is 4.85 Å². The van der Waals surface area contributed by atoms with Crippen LogP contribution in [-0.2, 0) is 0 Å². The van der Waals surface area contributed by atoms with Crippen molar-refractivity contribution in [1.82, 2.24) is 9.94 Å². The van der Waals surface area contributed by atoms with Crippen LogP contribution < -0.4 is 4.84 Å². The van der Waals surface area contributed by atoms with Gasteiger partial charge in [0.1, 0.15) is 6.61 Å². The molecule has 0 N–H and O–H groups in total. The zero-order chi connectivity index (χ0) is 5.82. The van der Waals surface area contributed by atoms with E-state index in [2.05, 4.69) is 5.10 Å². The zero-order valence-corrected chi connectivity index (χ0v) is 4.74. The van der Waals surface area contributed by atoms with Crippen LogP contribution in [0.3, 0.4) is 0 Å². The van der Waals surface area contributed by atoms with Gasteiger partial charge in [-0.3, -0.25) is 0 Å². The average molecular weight is 112 g/mol. The molecule has 0 saturated carbocycles. The molecular formula is C5H8N2O. The summed E-state index contributed by atoms with van der Waals surface area (Å²) in [6.07, 6.45) is 3.43. The molecule has 1 aromatic rings. The lowest BCUT2D eigenvalue weighted by Gasteiger charge is -1.97. The molecule has 0 aliphatic carbocycles. The van der Waals surface area contributed by atoms with E-state index in [9.17, 15) is 0 Å². The van der Waals surface area contributed by atoms with Crippen LogP contribution in [-0.4, -0.2) is 16.6 Å². The molecule has 0 bridgehead atoms. The molecule has 0 aliphatic rings. The quantitative estimate of drug-likeness (QED) is 0.551. The maximum Gasteiger partial charge on any atom is 0.114 e. The van der Waals surface area contributed by atoms with Crippen LogP contribution in [0.5, 0.6) is 0 Å². The molecule has 1 aromatic heterocycles. The minimum Gasteiger partial charge on any atom is -0.397 e. The Labute approximate surface area is 47.8 Å². The third-order valence-electron chi connectivity index (χ3n) is 0.742. The normalized spacial score (nSPS) is 9.12. The highest BCUT2D eigenvalue weighted by Gasteiger charge is 1.81. The van der Waals surface area contributed by atoms with Crippen molar-refractivity contribution in [2.24, 2.45) is 0 Å². The van der Waals surface area contributed by atoms with Crippen LogP contribution in [0.15, 0.2) is 18.5 Å². The van der Waals surface area contributed by atoms with Crippen molar-refractivity contribution in [3.8, 4) is 0 Å². The Hall–Kier alpha value is -0.990. The van der Waals surface area contributed by atoms with Crippen LogP contribution in [0.4, 0.5) is 0 Å². The van der Waals surface area contributed by atoms with Gasteiger partial charge >= 0.3 is 0 Å². The van der Waals surface area contributed by atoms with Crippen molar-refractivity contribution in [3.05, 3.63) is 18.5 Å². The molecule has 44 valence electrons. The van der Waals surface area contributed by atoms with E-state index in [4.69, 9.17) is 4.84 Å². The largest absolute Gasteiger partial charge is 0.397 e. The van der Waals surface area contributed by atoms with E-state index in [0.29, 0.717) is 6.61 Å². The van der Waals surface area contributed by atoms with Crippen LogP contribution in [0.1, 0.15) is 6.92 Å². The molecule has 1 heterocycles. The Bertz CT molecular complexity index is 136. The van der Waals surface area contributed by atoms with Gasteiger partial charge in [-0.15, -0.1) is 9.94 Å². The second-order valence-electron chi connectivity index (χ2n) is 1.33. The van der Waals surface area contributed by atoms with Gasteiger partial charge in [0.05, 0.1) is 12.4 Å². The van der Waals surface area contributed by atoms with E-state index >= 15 is 0 Å². The van der Waals surface area contributed by atoms with Gasteiger partial charge in [0, 0.05) is 0 Å². The molecule has 0 amide bonds. The highest BCUT2D eigenvalue weighted by atomic mass is 16.7. The lowest BCUT2D eigenvalue weighted by Crippen LogP contribution is -2.10. The number of rotatable bonds is 2. The summed E-state index contributed by atoms with van der Waals surface area (Å²) in [5.41, 5.74) is 0. The lowest BCUT2D eigenvalue weighted by molar-refractivity contribution is 0.0928. The molecule has 8 heavy (non-hydrogen) atoms. The van der Waals surface area contributed by atoms with Gasteiger partial charge in [-0.1, -0.05) is 0 Å². The minimum absolute atomic E-state index is 0.654.